The molecule has 0 aliphatic heterocycles. The number of nitrogens with one attached hydrogen (secondary N) is 1. The predicted octanol–water partition coefficient (Wildman–Crippen LogP) is 4.49. The summed E-state index contributed by atoms with van der Waals surface area (Å²) in [5.41, 5.74) is 2.18. The van der Waals surface area contributed by atoms with E-state index in [1.54, 1.807) is 42.5 Å². The summed E-state index contributed by atoms with van der Waals surface area (Å²) in [6, 6.07) is 16.2. The van der Waals surface area contributed by atoms with E-state index in [0.717, 1.165) is 5.56 Å². The molecule has 2 aromatic rings. The fraction of sp³-hybridized carbons (Fsp3) is 0.133. The number of halogens is 2. The first-order valence-electron chi connectivity index (χ1n) is 5.96. The Labute approximate surface area is 120 Å². The van der Waals surface area contributed by atoms with Crippen molar-refractivity contribution in [2.45, 2.75) is 17.2 Å². The fourth-order valence-corrected chi connectivity index (χ4v) is 2.38. The van der Waals surface area contributed by atoms with Crippen molar-refractivity contribution >= 4 is 17.4 Å². The van der Waals surface area contributed by atoms with Crippen molar-refractivity contribution in [3.63, 3.8) is 0 Å². The molecule has 0 heterocycles. The van der Waals surface area contributed by atoms with Gasteiger partial charge in [0.1, 0.15) is 0 Å². The summed E-state index contributed by atoms with van der Waals surface area (Å²) in [5, 5.41) is 12.0. The molecule has 0 fully saturated rings. The van der Waals surface area contributed by atoms with E-state index >= 15 is 0 Å². The lowest BCUT2D eigenvalue weighted by Gasteiger charge is -2.11. The van der Waals surface area contributed by atoms with Crippen LogP contribution in [0.5, 0.6) is 0 Å². The second kappa shape index (κ2) is 6.92. The van der Waals surface area contributed by atoms with Crippen molar-refractivity contribution < 1.29 is 8.78 Å². The van der Waals surface area contributed by atoms with Crippen molar-refractivity contribution in [3.05, 3.63) is 59.7 Å². The summed E-state index contributed by atoms with van der Waals surface area (Å²) in [6.07, 6.45) is 0. The average Bonchev–Trinajstić information content (AvgIpc) is 2.46. The second-order valence-electron chi connectivity index (χ2n) is 4.04. The van der Waals surface area contributed by atoms with Gasteiger partial charge in [-0.3, -0.25) is 0 Å². The molecule has 0 bridgehead atoms. The number of hydrogen-bond acceptors (Lipinski definition) is 3. The molecule has 0 spiro atoms. The Bertz CT molecular complexity index is 623. The number of anilines is 1. The summed E-state index contributed by atoms with van der Waals surface area (Å²) in [5.74, 6) is -2.44. The van der Waals surface area contributed by atoms with Crippen molar-refractivity contribution in [1.29, 1.82) is 5.26 Å². The van der Waals surface area contributed by atoms with E-state index in [2.05, 4.69) is 11.4 Å². The number of nitrogens with zero attached hydrogens (tertiary/aromatic N) is 1. The number of para-hydroxylation sites is 1. The molecule has 0 saturated heterocycles. The van der Waals surface area contributed by atoms with E-state index in [1.807, 2.05) is 6.07 Å². The molecule has 0 saturated carbocycles. The van der Waals surface area contributed by atoms with Crippen LogP contribution in [-0.2, 0) is 6.54 Å². The van der Waals surface area contributed by atoms with Gasteiger partial charge in [-0.2, -0.15) is 14.0 Å². The van der Waals surface area contributed by atoms with Gasteiger partial charge in [-0.25, -0.2) is 0 Å². The zero-order valence-corrected chi connectivity index (χ0v) is 11.3. The molecule has 2 rings (SSSR count). The van der Waals surface area contributed by atoms with Gasteiger partial charge in [0.15, 0.2) is 0 Å². The minimum Gasteiger partial charge on any atom is -0.380 e. The highest BCUT2D eigenvalue weighted by Gasteiger charge is 2.09. The Morgan fingerprint density at radius 3 is 2.70 bits per heavy atom. The van der Waals surface area contributed by atoms with Crippen LogP contribution in [0.4, 0.5) is 14.5 Å². The standard InChI is InChI=1S/C15H12F2N2S/c16-15(17)20-14-7-2-1-6-13(14)19-10-12-5-3-4-11(8-12)9-18/h1-8,15,19H,10H2. The predicted molar refractivity (Wildman–Crippen MR) is 76.8 cm³/mol. The molecule has 0 atom stereocenters. The van der Waals surface area contributed by atoms with E-state index in [1.165, 1.54) is 0 Å². The lowest BCUT2D eigenvalue weighted by molar-refractivity contribution is 0.252. The average molecular weight is 290 g/mol. The quantitative estimate of drug-likeness (QED) is 0.824. The van der Waals surface area contributed by atoms with Gasteiger partial charge in [-0.15, -0.1) is 0 Å². The van der Waals surface area contributed by atoms with Crippen molar-refractivity contribution in [3.8, 4) is 6.07 Å². The Hall–Kier alpha value is -2.06. The Kier molecular flexibility index (Phi) is 4.97. The molecule has 0 radical (unpaired) electrons. The topological polar surface area (TPSA) is 35.8 Å². The zero-order chi connectivity index (χ0) is 14.4. The normalized spacial score (nSPS) is 10.3. The molecule has 0 aliphatic rings. The van der Waals surface area contributed by atoms with Crippen LogP contribution < -0.4 is 5.32 Å². The number of benzene rings is 2. The van der Waals surface area contributed by atoms with Crippen LogP contribution in [0.1, 0.15) is 11.1 Å². The highest BCUT2D eigenvalue weighted by molar-refractivity contribution is 7.99. The third-order valence-corrected chi connectivity index (χ3v) is 3.43. The van der Waals surface area contributed by atoms with Crippen LogP contribution in [0.3, 0.4) is 0 Å². The van der Waals surface area contributed by atoms with E-state index in [9.17, 15) is 8.78 Å². The molecule has 0 amide bonds. The van der Waals surface area contributed by atoms with Crippen LogP contribution in [-0.4, -0.2) is 5.76 Å². The zero-order valence-electron chi connectivity index (χ0n) is 10.5. The highest BCUT2D eigenvalue weighted by atomic mass is 32.2. The van der Waals surface area contributed by atoms with Crippen LogP contribution >= 0.6 is 11.8 Å². The van der Waals surface area contributed by atoms with Gasteiger partial charge in [0.25, 0.3) is 5.76 Å². The number of alkyl halides is 2. The lowest BCUT2D eigenvalue weighted by Crippen LogP contribution is -2.01. The summed E-state index contributed by atoms with van der Waals surface area (Å²) in [7, 11) is 0. The smallest absolute Gasteiger partial charge is 0.288 e. The number of hydrogen-bond donors (Lipinski definition) is 1. The summed E-state index contributed by atoms with van der Waals surface area (Å²) >= 11 is 0.520. The van der Waals surface area contributed by atoms with Gasteiger partial charge >= 0.3 is 0 Å². The van der Waals surface area contributed by atoms with Crippen LogP contribution in [0.2, 0.25) is 0 Å². The molecule has 2 nitrogen and oxygen atoms in total. The van der Waals surface area contributed by atoms with E-state index < -0.39 is 5.76 Å². The molecule has 0 aliphatic carbocycles. The van der Waals surface area contributed by atoms with Crippen LogP contribution in [0, 0.1) is 11.3 Å². The van der Waals surface area contributed by atoms with Gasteiger partial charge in [0, 0.05) is 17.1 Å². The van der Waals surface area contributed by atoms with Gasteiger partial charge in [-0.05, 0) is 29.8 Å². The number of rotatable bonds is 5. The minimum absolute atomic E-state index is 0.482. The Balaban J connectivity index is 2.09. The van der Waals surface area contributed by atoms with Gasteiger partial charge in [0.2, 0.25) is 0 Å². The van der Waals surface area contributed by atoms with E-state index in [4.69, 9.17) is 5.26 Å². The fourth-order valence-electron chi connectivity index (χ4n) is 1.76. The van der Waals surface area contributed by atoms with Crippen LogP contribution in [0.25, 0.3) is 0 Å². The van der Waals surface area contributed by atoms with Crippen LogP contribution in [0.15, 0.2) is 53.4 Å². The maximum absolute atomic E-state index is 12.5. The molecule has 0 unspecified atom stereocenters. The molecule has 5 heteroatoms. The van der Waals surface area contributed by atoms with Crippen molar-refractivity contribution in [1.82, 2.24) is 0 Å². The van der Waals surface area contributed by atoms with E-state index in [-0.39, 0.29) is 0 Å². The summed E-state index contributed by atoms with van der Waals surface area (Å²) in [6.45, 7) is 0.482. The number of nitriles is 1. The first-order chi connectivity index (χ1) is 9.69. The lowest BCUT2D eigenvalue weighted by atomic mass is 10.1. The highest BCUT2D eigenvalue weighted by Crippen LogP contribution is 2.31. The molecule has 20 heavy (non-hydrogen) atoms. The Morgan fingerprint density at radius 1 is 1.15 bits per heavy atom. The van der Waals surface area contributed by atoms with Gasteiger partial charge in [-0.1, -0.05) is 36.0 Å². The number of thioether (sulfide) groups is 1. The summed E-state index contributed by atoms with van der Waals surface area (Å²) < 4.78 is 24.9. The molecule has 1 N–H and O–H groups in total. The maximum atomic E-state index is 12.5. The first-order valence-corrected chi connectivity index (χ1v) is 6.84. The molecular formula is C15H12F2N2S. The third kappa shape index (κ3) is 3.97. The third-order valence-electron chi connectivity index (χ3n) is 2.64. The molecule has 0 aromatic heterocycles. The molecule has 2 aromatic carbocycles. The Morgan fingerprint density at radius 2 is 1.95 bits per heavy atom. The van der Waals surface area contributed by atoms with Gasteiger partial charge in [0.05, 0.1) is 11.6 Å². The van der Waals surface area contributed by atoms with Crippen molar-refractivity contribution in [2.24, 2.45) is 0 Å². The first kappa shape index (κ1) is 14.4. The van der Waals surface area contributed by atoms with E-state index in [0.29, 0.717) is 34.5 Å². The summed E-state index contributed by atoms with van der Waals surface area (Å²) in [4.78, 5) is 0.513. The SMILES string of the molecule is N#Cc1cccc(CNc2ccccc2SC(F)F)c1. The molecular weight excluding hydrogens is 278 g/mol. The maximum Gasteiger partial charge on any atom is 0.288 e. The minimum atomic E-state index is -2.44. The molecule has 102 valence electrons. The van der Waals surface area contributed by atoms with Crippen molar-refractivity contribution in [2.75, 3.05) is 5.32 Å². The monoisotopic (exact) mass is 290 g/mol. The largest absolute Gasteiger partial charge is 0.380 e. The second-order valence-corrected chi connectivity index (χ2v) is 5.07. The van der Waals surface area contributed by atoms with Gasteiger partial charge < -0.3 is 5.32 Å².